The molecule has 1 aromatic rings. The van der Waals surface area contributed by atoms with E-state index in [-0.39, 0.29) is 9.20 Å². The lowest BCUT2D eigenvalue weighted by molar-refractivity contribution is -0.0134. The Morgan fingerprint density at radius 1 is 1.11 bits per heavy atom. The predicted molar refractivity (Wildman–Crippen MR) is 66.0 cm³/mol. The average molecular weight is 277 g/mol. The van der Waals surface area contributed by atoms with Crippen LogP contribution in [0.3, 0.4) is 0 Å². The summed E-state index contributed by atoms with van der Waals surface area (Å²) in [6, 6.07) is 5.84. The molecule has 0 spiro atoms. The van der Waals surface area contributed by atoms with Crippen molar-refractivity contribution < 1.29 is 17.2 Å². The summed E-state index contributed by atoms with van der Waals surface area (Å²) in [5.41, 5.74) is -0.314. The topological polar surface area (TPSA) is 37.4 Å². The third-order valence-corrected chi connectivity index (χ3v) is 4.51. The molecule has 0 radical (unpaired) electrons. The van der Waals surface area contributed by atoms with E-state index in [1.165, 1.54) is 32.9 Å². The second kappa shape index (κ2) is 4.93. The molecule has 0 amide bonds. The Labute approximate surface area is 106 Å². The quantitative estimate of drug-likeness (QED) is 0.796. The van der Waals surface area contributed by atoms with Crippen LogP contribution in [0.1, 0.15) is 26.3 Å². The fourth-order valence-electron chi connectivity index (χ4n) is 1.58. The first kappa shape index (κ1) is 15.0. The van der Waals surface area contributed by atoms with Crippen molar-refractivity contribution in [1.29, 1.82) is 0 Å². The van der Waals surface area contributed by atoms with Crippen molar-refractivity contribution in [2.24, 2.45) is 0 Å². The molecule has 0 unspecified atom stereocenters. The molecule has 0 atom stereocenters. The van der Waals surface area contributed by atoms with Crippen LogP contribution in [0.15, 0.2) is 29.2 Å². The number of aryl methyl sites for hydroxylation is 1. The minimum atomic E-state index is -4.19. The highest BCUT2D eigenvalue weighted by Gasteiger charge is 2.40. The minimum absolute atomic E-state index is 0.122. The molecule has 0 aliphatic heterocycles. The van der Waals surface area contributed by atoms with Crippen molar-refractivity contribution >= 4 is 10.0 Å². The lowest BCUT2D eigenvalue weighted by Crippen LogP contribution is -2.48. The van der Waals surface area contributed by atoms with Crippen molar-refractivity contribution in [3.05, 3.63) is 29.8 Å². The molecule has 0 bridgehead atoms. The van der Waals surface area contributed by atoms with E-state index >= 15 is 0 Å². The number of rotatable bonds is 3. The largest absolute Gasteiger partial charge is 0.308 e. The summed E-state index contributed by atoms with van der Waals surface area (Å²) >= 11 is 0. The molecule has 0 fully saturated rings. The number of hydrogen-bond acceptors (Lipinski definition) is 2. The van der Waals surface area contributed by atoms with Gasteiger partial charge in [-0.15, -0.1) is 4.31 Å². The van der Waals surface area contributed by atoms with Gasteiger partial charge in [0.15, 0.2) is 0 Å². The third kappa shape index (κ3) is 3.05. The van der Waals surface area contributed by atoms with Crippen LogP contribution < -0.4 is 0 Å². The third-order valence-electron chi connectivity index (χ3n) is 2.42. The second-order valence-electron chi connectivity index (χ2n) is 5.06. The molecule has 1 rings (SSSR count). The standard InChI is InChI=1S/C12H17F2NO2S/c1-9-5-7-10(8-6-9)18(16,17)15(11(13)14)12(2,3)4/h5-8,11H,1-4H3. The van der Waals surface area contributed by atoms with Crippen LogP contribution in [0.5, 0.6) is 0 Å². The van der Waals surface area contributed by atoms with E-state index in [0.717, 1.165) is 5.56 Å². The molecule has 0 saturated carbocycles. The zero-order chi connectivity index (χ0) is 14.1. The maximum absolute atomic E-state index is 13.0. The Morgan fingerprint density at radius 2 is 1.56 bits per heavy atom. The first-order valence-corrected chi connectivity index (χ1v) is 6.90. The Bertz CT molecular complexity index is 504. The zero-order valence-corrected chi connectivity index (χ0v) is 11.6. The Morgan fingerprint density at radius 3 is 1.89 bits per heavy atom. The van der Waals surface area contributed by atoms with Crippen molar-refractivity contribution in [3.8, 4) is 0 Å². The highest BCUT2D eigenvalue weighted by atomic mass is 32.2. The van der Waals surface area contributed by atoms with Crippen LogP contribution in [0.25, 0.3) is 0 Å². The molecular weight excluding hydrogens is 260 g/mol. The van der Waals surface area contributed by atoms with E-state index in [1.54, 1.807) is 19.1 Å². The van der Waals surface area contributed by atoms with Crippen molar-refractivity contribution in [2.75, 3.05) is 0 Å². The molecule has 0 N–H and O–H groups in total. The fraction of sp³-hybridized carbons (Fsp3) is 0.500. The summed E-state index contributed by atoms with van der Waals surface area (Å²) in [6.07, 6.45) is 0. The molecule has 0 heterocycles. The molecule has 0 saturated heterocycles. The molecule has 1 aromatic carbocycles. The maximum atomic E-state index is 13.0. The van der Waals surface area contributed by atoms with Crippen molar-refractivity contribution in [1.82, 2.24) is 4.31 Å². The van der Waals surface area contributed by atoms with Gasteiger partial charge in [0.2, 0.25) is 10.0 Å². The number of sulfonamides is 1. The van der Waals surface area contributed by atoms with E-state index in [9.17, 15) is 17.2 Å². The number of hydrogen-bond donors (Lipinski definition) is 0. The van der Waals surface area contributed by atoms with Gasteiger partial charge >= 0.3 is 6.55 Å². The number of nitrogens with zero attached hydrogens (tertiary/aromatic N) is 1. The second-order valence-corrected chi connectivity index (χ2v) is 6.88. The van der Waals surface area contributed by atoms with Crippen LogP contribution >= 0.6 is 0 Å². The van der Waals surface area contributed by atoms with E-state index < -0.39 is 22.1 Å². The van der Waals surface area contributed by atoms with Gasteiger partial charge in [-0.1, -0.05) is 17.7 Å². The van der Waals surface area contributed by atoms with Gasteiger partial charge in [-0.05, 0) is 39.8 Å². The van der Waals surface area contributed by atoms with Gasteiger partial charge in [0, 0.05) is 5.54 Å². The van der Waals surface area contributed by atoms with Gasteiger partial charge in [0.1, 0.15) is 0 Å². The van der Waals surface area contributed by atoms with E-state index in [1.807, 2.05) is 0 Å². The predicted octanol–water partition coefficient (Wildman–Crippen LogP) is 3.01. The van der Waals surface area contributed by atoms with Crippen molar-refractivity contribution in [2.45, 2.75) is 44.7 Å². The van der Waals surface area contributed by atoms with E-state index in [4.69, 9.17) is 0 Å². The van der Waals surface area contributed by atoms with Gasteiger partial charge in [0.25, 0.3) is 0 Å². The lowest BCUT2D eigenvalue weighted by Gasteiger charge is -2.33. The summed E-state index contributed by atoms with van der Waals surface area (Å²) < 4.78 is 50.6. The first-order valence-electron chi connectivity index (χ1n) is 5.46. The van der Waals surface area contributed by atoms with Crippen molar-refractivity contribution in [3.63, 3.8) is 0 Å². The normalized spacial score (nSPS) is 13.3. The molecule has 3 nitrogen and oxygen atoms in total. The summed E-state index contributed by atoms with van der Waals surface area (Å²) in [7, 11) is -4.19. The first-order chi connectivity index (χ1) is 8.06. The van der Waals surface area contributed by atoms with Gasteiger partial charge in [0.05, 0.1) is 4.90 Å². The molecular formula is C12H17F2NO2S. The van der Waals surface area contributed by atoms with Gasteiger partial charge in [-0.2, -0.15) is 8.78 Å². The molecule has 18 heavy (non-hydrogen) atoms. The zero-order valence-electron chi connectivity index (χ0n) is 10.8. The molecule has 0 aliphatic carbocycles. The van der Waals surface area contributed by atoms with Crippen LogP contribution in [-0.2, 0) is 10.0 Å². The van der Waals surface area contributed by atoms with Gasteiger partial charge < -0.3 is 0 Å². The van der Waals surface area contributed by atoms with E-state index in [0.29, 0.717) is 0 Å². The Hall–Kier alpha value is -1.01. The maximum Gasteiger partial charge on any atom is 0.308 e. The number of benzene rings is 1. The number of alkyl halides is 2. The highest BCUT2D eigenvalue weighted by Crippen LogP contribution is 2.28. The fourth-order valence-corrected chi connectivity index (χ4v) is 3.22. The number of halogens is 2. The van der Waals surface area contributed by atoms with Crippen LogP contribution in [0.4, 0.5) is 8.78 Å². The monoisotopic (exact) mass is 277 g/mol. The van der Waals surface area contributed by atoms with Gasteiger partial charge in [-0.25, -0.2) is 8.42 Å². The van der Waals surface area contributed by atoms with Crippen LogP contribution in [0, 0.1) is 6.92 Å². The Kier molecular flexibility index (Phi) is 4.12. The molecule has 6 heteroatoms. The van der Waals surface area contributed by atoms with Crippen LogP contribution in [0.2, 0.25) is 0 Å². The summed E-state index contributed by atoms with van der Waals surface area (Å²) in [5, 5.41) is 0. The minimum Gasteiger partial charge on any atom is -0.207 e. The summed E-state index contributed by atoms with van der Waals surface area (Å²) in [4.78, 5) is -0.122. The molecule has 102 valence electrons. The SMILES string of the molecule is Cc1ccc(S(=O)(=O)N(C(F)F)C(C)(C)C)cc1. The average Bonchev–Trinajstić information content (AvgIpc) is 2.14. The Balaban J connectivity index is 3.31. The smallest absolute Gasteiger partial charge is 0.207 e. The highest BCUT2D eigenvalue weighted by molar-refractivity contribution is 7.89. The summed E-state index contributed by atoms with van der Waals surface area (Å²) in [5.74, 6) is 0. The molecule has 0 aliphatic rings. The van der Waals surface area contributed by atoms with Crippen LogP contribution in [-0.4, -0.2) is 24.8 Å². The molecule has 0 aromatic heterocycles. The lowest BCUT2D eigenvalue weighted by atomic mass is 10.1. The summed E-state index contributed by atoms with van der Waals surface area (Å²) in [6.45, 7) is 3.03. The van der Waals surface area contributed by atoms with Gasteiger partial charge in [-0.3, -0.25) is 0 Å². The van der Waals surface area contributed by atoms with E-state index in [2.05, 4.69) is 0 Å².